The maximum Gasteiger partial charge on any atom is 0.200 e. The molecule has 2 aromatic heterocycles. The number of fused-ring (bicyclic) bond motifs is 1. The molecule has 3 N–H and O–H groups in total. The fourth-order valence-corrected chi connectivity index (χ4v) is 0.893. The first-order valence-corrected chi connectivity index (χ1v) is 3.02. The van der Waals surface area contributed by atoms with E-state index in [1.54, 1.807) is 0 Å². The molecule has 0 saturated carbocycles. The Labute approximate surface area is 61.3 Å². The SMILES string of the molecule is Nc1nc2ncc(F)cc2[nH]1. The molecule has 2 aromatic rings. The van der Waals surface area contributed by atoms with E-state index in [1.165, 1.54) is 6.07 Å². The number of aromatic amines is 1. The number of imidazole rings is 1. The summed E-state index contributed by atoms with van der Waals surface area (Å²) in [5, 5.41) is 0. The monoisotopic (exact) mass is 152 g/mol. The lowest BCUT2D eigenvalue weighted by Crippen LogP contribution is -1.84. The topological polar surface area (TPSA) is 67.6 Å². The molecule has 11 heavy (non-hydrogen) atoms. The van der Waals surface area contributed by atoms with E-state index in [1.807, 2.05) is 0 Å². The number of hydrogen-bond donors (Lipinski definition) is 2. The van der Waals surface area contributed by atoms with E-state index in [0.29, 0.717) is 11.2 Å². The van der Waals surface area contributed by atoms with Gasteiger partial charge in [0.2, 0.25) is 0 Å². The Morgan fingerprint density at radius 1 is 1.55 bits per heavy atom. The molecule has 0 aliphatic carbocycles. The van der Waals surface area contributed by atoms with Gasteiger partial charge in [-0.2, -0.15) is 4.98 Å². The lowest BCUT2D eigenvalue weighted by molar-refractivity contribution is 0.624. The Hall–Kier alpha value is -1.65. The van der Waals surface area contributed by atoms with Crippen LogP contribution in [-0.4, -0.2) is 15.0 Å². The summed E-state index contributed by atoms with van der Waals surface area (Å²) in [5.74, 6) is -0.153. The Balaban J connectivity index is 2.82. The molecule has 2 heterocycles. The van der Waals surface area contributed by atoms with Crippen LogP contribution in [0.25, 0.3) is 11.2 Å². The largest absolute Gasteiger partial charge is 0.369 e. The molecule has 56 valence electrons. The van der Waals surface area contributed by atoms with Crippen LogP contribution in [0.4, 0.5) is 10.3 Å². The Morgan fingerprint density at radius 2 is 2.36 bits per heavy atom. The molecule has 4 nitrogen and oxygen atoms in total. The maximum atomic E-state index is 12.5. The van der Waals surface area contributed by atoms with Gasteiger partial charge in [-0.05, 0) is 0 Å². The fraction of sp³-hybridized carbons (Fsp3) is 0. The Kier molecular flexibility index (Phi) is 1.06. The van der Waals surface area contributed by atoms with Gasteiger partial charge in [0.05, 0.1) is 11.7 Å². The van der Waals surface area contributed by atoms with E-state index in [0.717, 1.165) is 6.20 Å². The summed E-state index contributed by atoms with van der Waals surface area (Å²) in [5.41, 5.74) is 6.26. The minimum Gasteiger partial charge on any atom is -0.369 e. The van der Waals surface area contributed by atoms with Gasteiger partial charge in [-0.1, -0.05) is 0 Å². The molecule has 0 fully saturated rings. The first-order chi connectivity index (χ1) is 5.25. The number of halogens is 1. The quantitative estimate of drug-likeness (QED) is 0.583. The van der Waals surface area contributed by atoms with Crippen molar-refractivity contribution in [2.45, 2.75) is 0 Å². The van der Waals surface area contributed by atoms with Crippen LogP contribution < -0.4 is 5.73 Å². The van der Waals surface area contributed by atoms with Crippen LogP contribution in [0.3, 0.4) is 0 Å². The van der Waals surface area contributed by atoms with Crippen LogP contribution in [0.1, 0.15) is 0 Å². The smallest absolute Gasteiger partial charge is 0.200 e. The molecule has 0 aliphatic heterocycles. The molecule has 2 rings (SSSR count). The van der Waals surface area contributed by atoms with Crippen molar-refractivity contribution in [1.82, 2.24) is 15.0 Å². The van der Waals surface area contributed by atoms with Crippen LogP contribution in [0.2, 0.25) is 0 Å². The summed E-state index contributed by atoms with van der Waals surface area (Å²) in [7, 11) is 0. The number of aromatic nitrogens is 3. The van der Waals surface area contributed by atoms with Crippen LogP contribution in [0.5, 0.6) is 0 Å². The molecule has 0 radical (unpaired) electrons. The zero-order chi connectivity index (χ0) is 7.84. The highest BCUT2D eigenvalue weighted by Gasteiger charge is 2.00. The van der Waals surface area contributed by atoms with Crippen molar-refractivity contribution in [3.05, 3.63) is 18.1 Å². The number of hydrogen-bond acceptors (Lipinski definition) is 3. The molecule has 0 aliphatic rings. The van der Waals surface area contributed by atoms with Gasteiger partial charge in [0.1, 0.15) is 5.82 Å². The third-order valence-electron chi connectivity index (χ3n) is 1.32. The van der Waals surface area contributed by atoms with Crippen molar-refractivity contribution in [1.29, 1.82) is 0 Å². The van der Waals surface area contributed by atoms with Crippen LogP contribution >= 0.6 is 0 Å². The highest BCUT2D eigenvalue weighted by molar-refractivity contribution is 5.72. The number of pyridine rings is 1. The number of nitrogens with one attached hydrogen (secondary N) is 1. The van der Waals surface area contributed by atoms with E-state index < -0.39 is 5.82 Å². The van der Waals surface area contributed by atoms with Crippen molar-refractivity contribution in [3.8, 4) is 0 Å². The highest BCUT2D eigenvalue weighted by Crippen LogP contribution is 2.09. The zero-order valence-electron chi connectivity index (χ0n) is 5.50. The fourth-order valence-electron chi connectivity index (χ4n) is 0.893. The lowest BCUT2D eigenvalue weighted by atomic mass is 10.4. The van der Waals surface area contributed by atoms with E-state index in [-0.39, 0.29) is 5.95 Å². The van der Waals surface area contributed by atoms with Crippen molar-refractivity contribution in [2.24, 2.45) is 0 Å². The van der Waals surface area contributed by atoms with Gasteiger partial charge in [-0.25, -0.2) is 9.37 Å². The van der Waals surface area contributed by atoms with Gasteiger partial charge in [0, 0.05) is 6.07 Å². The van der Waals surface area contributed by atoms with Crippen LogP contribution in [-0.2, 0) is 0 Å². The van der Waals surface area contributed by atoms with E-state index >= 15 is 0 Å². The molecule has 0 atom stereocenters. The number of anilines is 1. The van der Waals surface area contributed by atoms with Crippen LogP contribution in [0.15, 0.2) is 12.3 Å². The molecule has 0 spiro atoms. The number of nitrogens with two attached hydrogens (primary N) is 1. The van der Waals surface area contributed by atoms with E-state index in [4.69, 9.17) is 5.73 Å². The Morgan fingerprint density at radius 3 is 3.18 bits per heavy atom. The van der Waals surface area contributed by atoms with Gasteiger partial charge in [-0.3, -0.25) is 0 Å². The standard InChI is InChI=1S/C6H5FN4/c7-3-1-4-5(9-2-3)11-6(8)10-4/h1-2H,(H3,8,9,10,11). The second-order valence-electron chi connectivity index (χ2n) is 2.15. The average Bonchev–Trinajstić information content (AvgIpc) is 2.27. The molecule has 0 unspecified atom stereocenters. The zero-order valence-corrected chi connectivity index (χ0v) is 5.50. The van der Waals surface area contributed by atoms with Gasteiger partial charge >= 0.3 is 0 Å². The highest BCUT2D eigenvalue weighted by atomic mass is 19.1. The van der Waals surface area contributed by atoms with E-state index in [9.17, 15) is 4.39 Å². The average molecular weight is 152 g/mol. The predicted octanol–water partition coefficient (Wildman–Crippen LogP) is 0.679. The second kappa shape index (κ2) is 1.91. The molecule has 0 aromatic carbocycles. The van der Waals surface area contributed by atoms with Crippen molar-refractivity contribution in [2.75, 3.05) is 5.73 Å². The number of nitrogen functional groups attached to an aromatic ring is 1. The molecule has 0 saturated heterocycles. The summed E-state index contributed by atoms with van der Waals surface area (Å²) in [6.07, 6.45) is 1.10. The van der Waals surface area contributed by atoms with Crippen LogP contribution in [0, 0.1) is 5.82 Å². The number of H-pyrrole nitrogens is 1. The molecular formula is C6H5FN4. The Bertz CT molecular complexity index is 394. The van der Waals surface area contributed by atoms with Crippen molar-refractivity contribution >= 4 is 17.1 Å². The maximum absolute atomic E-state index is 12.5. The first kappa shape index (κ1) is 6.09. The minimum absolute atomic E-state index is 0.248. The van der Waals surface area contributed by atoms with Gasteiger partial charge < -0.3 is 10.7 Å². The van der Waals surface area contributed by atoms with Gasteiger partial charge in [-0.15, -0.1) is 0 Å². The molecule has 5 heteroatoms. The summed E-state index contributed by atoms with van der Waals surface area (Å²) in [6, 6.07) is 1.30. The molecule has 0 bridgehead atoms. The predicted molar refractivity (Wildman–Crippen MR) is 38.3 cm³/mol. The lowest BCUT2D eigenvalue weighted by Gasteiger charge is -1.85. The van der Waals surface area contributed by atoms with Crippen molar-refractivity contribution in [3.63, 3.8) is 0 Å². The van der Waals surface area contributed by atoms with E-state index in [2.05, 4.69) is 15.0 Å². The van der Waals surface area contributed by atoms with Gasteiger partial charge in [0.25, 0.3) is 0 Å². The minimum atomic E-state index is -0.402. The number of rotatable bonds is 0. The third-order valence-corrected chi connectivity index (χ3v) is 1.32. The summed E-state index contributed by atoms with van der Waals surface area (Å²) in [6.45, 7) is 0. The summed E-state index contributed by atoms with van der Waals surface area (Å²) < 4.78 is 12.5. The molecule has 0 amide bonds. The third kappa shape index (κ3) is 0.899. The number of nitrogens with zero attached hydrogens (tertiary/aromatic N) is 2. The van der Waals surface area contributed by atoms with Crippen molar-refractivity contribution < 1.29 is 4.39 Å². The first-order valence-electron chi connectivity index (χ1n) is 3.02. The molecular weight excluding hydrogens is 147 g/mol. The second-order valence-corrected chi connectivity index (χ2v) is 2.15. The summed E-state index contributed by atoms with van der Waals surface area (Å²) in [4.78, 5) is 10.2. The summed E-state index contributed by atoms with van der Waals surface area (Å²) >= 11 is 0. The van der Waals surface area contributed by atoms with Gasteiger partial charge in [0.15, 0.2) is 11.6 Å². The normalized spacial score (nSPS) is 10.6.